The van der Waals surface area contributed by atoms with Crippen molar-refractivity contribution in [2.75, 3.05) is 0 Å². The maximum Gasteiger partial charge on any atom is 0.136 e. The van der Waals surface area contributed by atoms with Crippen molar-refractivity contribution < 1.29 is 4.79 Å². The Kier molecular flexibility index (Phi) is 2.29. The number of hydrogen-bond acceptors (Lipinski definition) is 2. The highest BCUT2D eigenvalue weighted by Crippen LogP contribution is 2.44. The summed E-state index contributed by atoms with van der Waals surface area (Å²) in [7, 11) is 0. The third-order valence-corrected chi connectivity index (χ3v) is 4.12. The Morgan fingerprint density at radius 3 is 2.65 bits per heavy atom. The van der Waals surface area contributed by atoms with E-state index in [1.54, 1.807) is 0 Å². The smallest absolute Gasteiger partial charge is 0.136 e. The van der Waals surface area contributed by atoms with E-state index in [2.05, 4.69) is 18.2 Å². The van der Waals surface area contributed by atoms with Crippen LogP contribution in [-0.2, 0) is 23.1 Å². The van der Waals surface area contributed by atoms with Gasteiger partial charge in [-0.05, 0) is 42.4 Å². The monoisotopic (exact) mass is 225 g/mol. The van der Waals surface area contributed by atoms with Crippen LogP contribution < -0.4 is 0 Å². The van der Waals surface area contributed by atoms with Gasteiger partial charge in [0.15, 0.2) is 0 Å². The molecule has 2 nitrogen and oxygen atoms in total. The summed E-state index contributed by atoms with van der Waals surface area (Å²) in [4.78, 5) is 11.3. The number of Topliss-reactive ketones (excluding diaryl/α,β-unsaturated/α-hetero) is 1. The lowest BCUT2D eigenvalue weighted by molar-refractivity contribution is -0.126. The maximum absolute atomic E-state index is 11.3. The lowest BCUT2D eigenvalue weighted by Crippen LogP contribution is -2.41. The molecule has 0 heterocycles. The third kappa shape index (κ3) is 1.50. The van der Waals surface area contributed by atoms with Gasteiger partial charge in [-0.15, -0.1) is 0 Å². The fourth-order valence-corrected chi connectivity index (χ4v) is 3.18. The number of ketones is 1. The van der Waals surface area contributed by atoms with E-state index >= 15 is 0 Å². The van der Waals surface area contributed by atoms with Crippen LogP contribution in [-0.4, -0.2) is 5.78 Å². The molecular weight excluding hydrogens is 210 g/mol. The number of rotatable bonds is 1. The summed E-state index contributed by atoms with van der Waals surface area (Å²) < 4.78 is 0. The van der Waals surface area contributed by atoms with Gasteiger partial charge in [0.25, 0.3) is 0 Å². The molecule has 2 heteroatoms. The minimum Gasteiger partial charge on any atom is -0.300 e. The first-order chi connectivity index (χ1) is 8.25. The van der Waals surface area contributed by atoms with Crippen molar-refractivity contribution in [3.8, 4) is 6.07 Å². The summed E-state index contributed by atoms with van der Waals surface area (Å²) in [5, 5.41) is 9.41. The molecule has 1 saturated carbocycles. The SMILES string of the molecule is N#CC1(c2cccc3c2CCCC3)CC(=O)C1. The van der Waals surface area contributed by atoms with E-state index in [1.807, 2.05) is 6.07 Å². The van der Waals surface area contributed by atoms with E-state index in [1.165, 1.54) is 24.0 Å². The normalized spacial score (nSPS) is 21.2. The topological polar surface area (TPSA) is 40.9 Å². The first-order valence-electron chi connectivity index (χ1n) is 6.29. The molecule has 2 aliphatic rings. The van der Waals surface area contributed by atoms with Gasteiger partial charge in [0.2, 0.25) is 0 Å². The predicted molar refractivity (Wildman–Crippen MR) is 64.6 cm³/mol. The van der Waals surface area contributed by atoms with Crippen molar-refractivity contribution in [3.63, 3.8) is 0 Å². The fraction of sp³-hybridized carbons (Fsp3) is 0.467. The molecule has 86 valence electrons. The molecule has 0 radical (unpaired) electrons. The summed E-state index contributed by atoms with van der Waals surface area (Å²) in [6.07, 6.45) is 5.48. The van der Waals surface area contributed by atoms with Gasteiger partial charge >= 0.3 is 0 Å². The Balaban J connectivity index is 2.09. The van der Waals surface area contributed by atoms with Crippen molar-refractivity contribution in [2.45, 2.75) is 43.9 Å². The van der Waals surface area contributed by atoms with Crippen molar-refractivity contribution in [3.05, 3.63) is 34.9 Å². The van der Waals surface area contributed by atoms with E-state index in [0.29, 0.717) is 12.8 Å². The molecular formula is C15H15NO. The minimum atomic E-state index is -0.500. The van der Waals surface area contributed by atoms with Crippen LogP contribution in [0.1, 0.15) is 42.4 Å². The molecule has 1 aromatic rings. The zero-order chi connectivity index (χ0) is 11.9. The lowest BCUT2D eigenvalue weighted by Gasteiger charge is -2.37. The van der Waals surface area contributed by atoms with Crippen LogP contribution >= 0.6 is 0 Å². The van der Waals surface area contributed by atoms with E-state index < -0.39 is 5.41 Å². The zero-order valence-corrected chi connectivity index (χ0v) is 9.83. The second-order valence-corrected chi connectivity index (χ2v) is 5.24. The maximum atomic E-state index is 11.3. The van der Waals surface area contributed by atoms with Crippen LogP contribution in [0.3, 0.4) is 0 Å². The van der Waals surface area contributed by atoms with Gasteiger partial charge in [0, 0.05) is 12.8 Å². The Hall–Kier alpha value is -1.62. The second-order valence-electron chi connectivity index (χ2n) is 5.24. The number of nitrogens with zero attached hydrogens (tertiary/aromatic N) is 1. The summed E-state index contributed by atoms with van der Waals surface area (Å²) in [6, 6.07) is 8.66. The van der Waals surface area contributed by atoms with Gasteiger partial charge in [0.1, 0.15) is 5.78 Å². The number of hydrogen-bond donors (Lipinski definition) is 0. The highest BCUT2D eigenvalue weighted by atomic mass is 16.1. The first-order valence-corrected chi connectivity index (χ1v) is 6.29. The van der Waals surface area contributed by atoms with Crippen LogP contribution in [0.2, 0.25) is 0 Å². The second kappa shape index (κ2) is 3.70. The van der Waals surface area contributed by atoms with Gasteiger partial charge in [-0.2, -0.15) is 5.26 Å². The molecule has 1 fully saturated rings. The quantitative estimate of drug-likeness (QED) is 0.737. The van der Waals surface area contributed by atoms with Crippen molar-refractivity contribution in [1.82, 2.24) is 0 Å². The number of fused-ring (bicyclic) bond motifs is 1. The van der Waals surface area contributed by atoms with Crippen LogP contribution in [0, 0.1) is 11.3 Å². The molecule has 0 aliphatic heterocycles. The highest BCUT2D eigenvalue weighted by molar-refractivity contribution is 5.90. The molecule has 0 amide bonds. The molecule has 1 aromatic carbocycles. The van der Waals surface area contributed by atoms with Gasteiger partial charge in [-0.25, -0.2) is 0 Å². The first kappa shape index (κ1) is 10.5. The standard InChI is InChI=1S/C15H15NO/c16-10-15(8-12(17)9-15)14-7-3-5-11-4-1-2-6-13(11)14/h3,5,7H,1-2,4,6,8-9H2. The molecule has 0 atom stereocenters. The van der Waals surface area contributed by atoms with Crippen LogP contribution in [0.5, 0.6) is 0 Å². The summed E-state index contributed by atoms with van der Waals surface area (Å²) >= 11 is 0. The van der Waals surface area contributed by atoms with Gasteiger partial charge in [-0.1, -0.05) is 18.2 Å². The molecule has 2 aliphatic carbocycles. The summed E-state index contributed by atoms with van der Waals surface area (Å²) in [5.74, 6) is 0.222. The molecule has 3 rings (SSSR count). The molecule has 0 N–H and O–H groups in total. The Bertz CT molecular complexity index is 516. The zero-order valence-electron chi connectivity index (χ0n) is 9.83. The Labute approximate surface area is 101 Å². The average Bonchev–Trinajstić information content (AvgIpc) is 2.34. The number of carbonyl (C=O) groups is 1. The predicted octanol–water partition coefficient (Wildman–Crippen LogP) is 2.69. The van der Waals surface area contributed by atoms with E-state index in [9.17, 15) is 10.1 Å². The minimum absolute atomic E-state index is 0.222. The molecule has 0 spiro atoms. The van der Waals surface area contributed by atoms with E-state index in [0.717, 1.165) is 18.4 Å². The van der Waals surface area contributed by atoms with Crippen LogP contribution in [0.4, 0.5) is 0 Å². The molecule has 17 heavy (non-hydrogen) atoms. The highest BCUT2D eigenvalue weighted by Gasteiger charge is 2.46. The van der Waals surface area contributed by atoms with Gasteiger partial charge < -0.3 is 0 Å². The Morgan fingerprint density at radius 1 is 1.18 bits per heavy atom. The van der Waals surface area contributed by atoms with Crippen LogP contribution in [0.25, 0.3) is 0 Å². The Morgan fingerprint density at radius 2 is 1.94 bits per heavy atom. The van der Waals surface area contributed by atoms with Gasteiger partial charge in [0.05, 0.1) is 11.5 Å². The van der Waals surface area contributed by atoms with Crippen molar-refractivity contribution in [2.24, 2.45) is 0 Å². The fourth-order valence-electron chi connectivity index (χ4n) is 3.18. The third-order valence-electron chi connectivity index (χ3n) is 4.12. The summed E-state index contributed by atoms with van der Waals surface area (Å²) in [5.41, 5.74) is 3.38. The number of carbonyl (C=O) groups excluding carboxylic acids is 1. The molecule has 0 aromatic heterocycles. The lowest BCUT2D eigenvalue weighted by atomic mass is 9.62. The van der Waals surface area contributed by atoms with E-state index in [-0.39, 0.29) is 5.78 Å². The molecule has 0 saturated heterocycles. The number of nitriles is 1. The van der Waals surface area contributed by atoms with Crippen LogP contribution in [0.15, 0.2) is 18.2 Å². The largest absolute Gasteiger partial charge is 0.300 e. The van der Waals surface area contributed by atoms with E-state index in [4.69, 9.17) is 0 Å². The molecule has 0 bridgehead atoms. The number of aryl methyl sites for hydroxylation is 1. The number of benzene rings is 1. The summed E-state index contributed by atoms with van der Waals surface area (Å²) in [6.45, 7) is 0. The van der Waals surface area contributed by atoms with Crippen molar-refractivity contribution in [1.29, 1.82) is 5.26 Å². The van der Waals surface area contributed by atoms with Crippen molar-refractivity contribution >= 4 is 5.78 Å². The van der Waals surface area contributed by atoms with Gasteiger partial charge in [-0.3, -0.25) is 4.79 Å². The average molecular weight is 225 g/mol. The molecule has 0 unspecified atom stereocenters.